The predicted molar refractivity (Wildman–Crippen MR) is 81.1 cm³/mol. The summed E-state index contributed by atoms with van der Waals surface area (Å²) in [5.41, 5.74) is 1.52. The van der Waals surface area contributed by atoms with Gasteiger partial charge in [-0.3, -0.25) is 0 Å². The number of benzene rings is 1. The van der Waals surface area contributed by atoms with Crippen LogP contribution in [0.15, 0.2) is 17.0 Å². The van der Waals surface area contributed by atoms with Crippen LogP contribution in [0.25, 0.3) is 0 Å². The Kier molecular flexibility index (Phi) is 4.65. The average molecular weight is 317 g/mol. The molecular formula is C15H21ClO3S. The summed E-state index contributed by atoms with van der Waals surface area (Å²) >= 11 is 0. The Morgan fingerprint density at radius 2 is 2.00 bits per heavy atom. The van der Waals surface area contributed by atoms with E-state index in [1.807, 2.05) is 26.8 Å². The Hall–Kier alpha value is -0.740. The molecule has 0 radical (unpaired) electrons. The summed E-state index contributed by atoms with van der Waals surface area (Å²) in [6.45, 7) is 6.44. The van der Waals surface area contributed by atoms with E-state index in [4.69, 9.17) is 15.4 Å². The summed E-state index contributed by atoms with van der Waals surface area (Å²) in [7, 11) is 1.79. The van der Waals surface area contributed by atoms with Crippen LogP contribution in [-0.4, -0.2) is 15.0 Å². The summed E-state index contributed by atoms with van der Waals surface area (Å²) in [5.74, 6) is 1.66. The molecule has 3 nitrogen and oxygen atoms in total. The molecule has 0 heterocycles. The first-order chi connectivity index (χ1) is 9.29. The third kappa shape index (κ3) is 3.89. The van der Waals surface area contributed by atoms with Gasteiger partial charge in [-0.05, 0) is 48.4 Å². The lowest BCUT2D eigenvalue weighted by molar-refractivity contribution is 0.300. The Morgan fingerprint density at radius 1 is 1.35 bits per heavy atom. The van der Waals surface area contributed by atoms with E-state index in [2.05, 4.69) is 0 Å². The van der Waals surface area contributed by atoms with Crippen LogP contribution in [0.3, 0.4) is 0 Å². The summed E-state index contributed by atoms with van der Waals surface area (Å²) in [5, 5.41) is 0. The summed E-state index contributed by atoms with van der Waals surface area (Å²) in [6, 6.07) is 3.44. The van der Waals surface area contributed by atoms with Crippen LogP contribution in [0.5, 0.6) is 5.75 Å². The van der Waals surface area contributed by atoms with Crippen molar-refractivity contribution in [1.82, 2.24) is 0 Å². The normalized spacial score (nSPS) is 15.7. The van der Waals surface area contributed by atoms with Gasteiger partial charge in [0.1, 0.15) is 5.75 Å². The van der Waals surface area contributed by atoms with Gasteiger partial charge in [0.05, 0.1) is 11.5 Å². The fourth-order valence-electron chi connectivity index (χ4n) is 2.24. The van der Waals surface area contributed by atoms with Gasteiger partial charge >= 0.3 is 0 Å². The monoisotopic (exact) mass is 316 g/mol. The molecule has 20 heavy (non-hydrogen) atoms. The van der Waals surface area contributed by atoms with E-state index in [-0.39, 0.29) is 10.8 Å². The molecule has 0 spiro atoms. The van der Waals surface area contributed by atoms with E-state index < -0.39 is 9.05 Å². The van der Waals surface area contributed by atoms with Gasteiger partial charge < -0.3 is 4.74 Å². The van der Waals surface area contributed by atoms with Gasteiger partial charge in [0.25, 0.3) is 9.05 Å². The first-order valence-corrected chi connectivity index (χ1v) is 9.32. The molecule has 0 unspecified atom stereocenters. The Bertz CT molecular complexity index is 589. The summed E-state index contributed by atoms with van der Waals surface area (Å²) in [4.78, 5) is 0.196. The van der Waals surface area contributed by atoms with Crippen molar-refractivity contribution in [3.8, 4) is 5.75 Å². The maximum atomic E-state index is 11.7. The Morgan fingerprint density at radius 3 is 2.50 bits per heavy atom. The highest BCUT2D eigenvalue weighted by atomic mass is 35.7. The SMILES string of the molecule is Cc1cc(S(=O)(=O)Cl)c(C(C)C)cc1OCCC1CC1. The number of hydrogen-bond donors (Lipinski definition) is 0. The molecule has 0 amide bonds. The van der Waals surface area contributed by atoms with Crippen molar-refractivity contribution in [1.29, 1.82) is 0 Å². The highest BCUT2D eigenvalue weighted by molar-refractivity contribution is 8.13. The van der Waals surface area contributed by atoms with Crippen molar-refractivity contribution in [2.75, 3.05) is 6.61 Å². The standard InChI is InChI=1S/C15H21ClO3S/c1-10(2)13-9-14(19-7-6-12-4-5-12)11(3)8-15(13)20(16,17)18/h8-10,12H,4-7H2,1-3H3. The number of aryl methyl sites for hydroxylation is 1. The van der Waals surface area contributed by atoms with Gasteiger partial charge in [-0.15, -0.1) is 0 Å². The quantitative estimate of drug-likeness (QED) is 0.738. The van der Waals surface area contributed by atoms with Crippen LogP contribution in [0.4, 0.5) is 0 Å². The average Bonchev–Trinajstić information content (AvgIpc) is 3.13. The Balaban J connectivity index is 2.26. The summed E-state index contributed by atoms with van der Waals surface area (Å²) in [6.07, 6.45) is 3.69. The first kappa shape index (κ1) is 15.6. The van der Waals surface area contributed by atoms with Crippen LogP contribution in [0, 0.1) is 12.8 Å². The van der Waals surface area contributed by atoms with Gasteiger partial charge in [-0.2, -0.15) is 0 Å². The van der Waals surface area contributed by atoms with E-state index in [9.17, 15) is 8.42 Å². The largest absolute Gasteiger partial charge is 0.493 e. The zero-order valence-electron chi connectivity index (χ0n) is 12.1. The molecule has 0 saturated heterocycles. The zero-order chi connectivity index (χ0) is 14.9. The molecule has 0 N–H and O–H groups in total. The number of ether oxygens (including phenoxy) is 1. The van der Waals surface area contributed by atoms with Gasteiger partial charge in [0.2, 0.25) is 0 Å². The van der Waals surface area contributed by atoms with Gasteiger partial charge in [-0.25, -0.2) is 8.42 Å². The highest BCUT2D eigenvalue weighted by Gasteiger charge is 2.22. The van der Waals surface area contributed by atoms with Crippen molar-refractivity contribution in [2.24, 2.45) is 5.92 Å². The third-order valence-corrected chi connectivity index (χ3v) is 5.05. The number of hydrogen-bond acceptors (Lipinski definition) is 3. The minimum Gasteiger partial charge on any atom is -0.493 e. The lowest BCUT2D eigenvalue weighted by atomic mass is 10.0. The third-order valence-electron chi connectivity index (χ3n) is 3.67. The van der Waals surface area contributed by atoms with Gasteiger partial charge in [0, 0.05) is 10.7 Å². The number of halogens is 1. The molecule has 0 aromatic heterocycles. The van der Waals surface area contributed by atoms with E-state index in [1.54, 1.807) is 6.07 Å². The van der Waals surface area contributed by atoms with E-state index in [1.165, 1.54) is 12.8 Å². The number of rotatable bonds is 6. The van der Waals surface area contributed by atoms with Crippen molar-refractivity contribution >= 4 is 19.7 Å². The highest BCUT2D eigenvalue weighted by Crippen LogP contribution is 2.35. The van der Waals surface area contributed by atoms with Crippen molar-refractivity contribution in [2.45, 2.75) is 50.8 Å². The second-order valence-electron chi connectivity index (χ2n) is 5.83. The second-order valence-corrected chi connectivity index (χ2v) is 8.36. The fraction of sp³-hybridized carbons (Fsp3) is 0.600. The molecular weight excluding hydrogens is 296 g/mol. The molecule has 1 fully saturated rings. The van der Waals surface area contributed by atoms with E-state index in [0.717, 1.165) is 23.7 Å². The molecule has 1 aromatic carbocycles. The van der Waals surface area contributed by atoms with Gasteiger partial charge in [0.15, 0.2) is 0 Å². The minimum absolute atomic E-state index is 0.0740. The van der Waals surface area contributed by atoms with Crippen LogP contribution < -0.4 is 4.74 Å². The van der Waals surface area contributed by atoms with Crippen LogP contribution in [0.1, 0.15) is 50.2 Å². The topological polar surface area (TPSA) is 43.4 Å². The summed E-state index contributed by atoms with van der Waals surface area (Å²) < 4.78 is 29.1. The van der Waals surface area contributed by atoms with Crippen LogP contribution in [-0.2, 0) is 9.05 Å². The molecule has 0 aliphatic heterocycles. The molecule has 1 saturated carbocycles. The molecule has 1 aliphatic rings. The van der Waals surface area contributed by atoms with Crippen molar-refractivity contribution in [3.05, 3.63) is 23.3 Å². The fourth-order valence-corrected chi connectivity index (χ4v) is 3.53. The van der Waals surface area contributed by atoms with E-state index >= 15 is 0 Å². The zero-order valence-corrected chi connectivity index (χ0v) is 13.7. The molecule has 5 heteroatoms. The van der Waals surface area contributed by atoms with E-state index in [0.29, 0.717) is 12.2 Å². The molecule has 2 rings (SSSR count). The molecule has 0 bridgehead atoms. The van der Waals surface area contributed by atoms with Crippen LogP contribution in [0.2, 0.25) is 0 Å². The maximum Gasteiger partial charge on any atom is 0.261 e. The second kappa shape index (κ2) is 5.94. The first-order valence-electron chi connectivity index (χ1n) is 7.01. The van der Waals surface area contributed by atoms with Crippen molar-refractivity contribution < 1.29 is 13.2 Å². The lowest BCUT2D eigenvalue weighted by Crippen LogP contribution is -2.05. The van der Waals surface area contributed by atoms with Gasteiger partial charge in [-0.1, -0.05) is 26.7 Å². The molecule has 0 atom stereocenters. The smallest absolute Gasteiger partial charge is 0.261 e. The van der Waals surface area contributed by atoms with Crippen LogP contribution >= 0.6 is 10.7 Å². The maximum absolute atomic E-state index is 11.7. The molecule has 112 valence electrons. The van der Waals surface area contributed by atoms with Crippen molar-refractivity contribution in [3.63, 3.8) is 0 Å². The lowest BCUT2D eigenvalue weighted by Gasteiger charge is -2.16. The minimum atomic E-state index is -3.73. The molecule has 1 aromatic rings. The Labute approximate surface area is 125 Å². The predicted octanol–water partition coefficient (Wildman–Crippen LogP) is 4.22. The molecule has 1 aliphatic carbocycles.